The van der Waals surface area contributed by atoms with Gasteiger partial charge in [0.2, 0.25) is 0 Å². The van der Waals surface area contributed by atoms with Gasteiger partial charge in [0.1, 0.15) is 0 Å². The number of rotatable bonds is 4. The molecule has 202 valence electrons. The fourth-order valence-corrected chi connectivity index (χ4v) is 6.56. The third-order valence-electron chi connectivity index (χ3n) is 8.89. The van der Waals surface area contributed by atoms with E-state index in [9.17, 15) is 0 Å². The highest BCUT2D eigenvalue weighted by atomic mass is 15.3. The minimum atomic E-state index is -0.178. The Hall–Kier alpha value is -3.94. The maximum atomic E-state index is 6.97. The molecule has 0 unspecified atom stereocenters. The molecule has 0 saturated carbocycles. The molecule has 2 aromatic carbocycles. The summed E-state index contributed by atoms with van der Waals surface area (Å²) in [4.78, 5) is 7.24. The zero-order chi connectivity index (χ0) is 27.3. The van der Waals surface area contributed by atoms with Crippen LogP contribution >= 0.6 is 0 Å². The third-order valence-corrected chi connectivity index (χ3v) is 8.89. The Labute approximate surface area is 234 Å². The van der Waals surface area contributed by atoms with Gasteiger partial charge in [0.05, 0.1) is 22.7 Å². The molecule has 0 amide bonds. The molecule has 1 aliphatic carbocycles. The number of H-pyrrole nitrogens is 1. The second-order valence-electron chi connectivity index (χ2n) is 11.6. The van der Waals surface area contributed by atoms with Crippen LogP contribution in [0.2, 0.25) is 0 Å². The van der Waals surface area contributed by atoms with E-state index in [-0.39, 0.29) is 5.66 Å². The first kappa shape index (κ1) is 25.1. The average molecular weight is 530 g/mol. The topological polar surface area (TPSA) is 96.6 Å². The van der Waals surface area contributed by atoms with Gasteiger partial charge < -0.3 is 5.73 Å². The van der Waals surface area contributed by atoms with Crippen molar-refractivity contribution in [1.29, 1.82) is 0 Å². The number of aromatic nitrogens is 5. The van der Waals surface area contributed by atoms with E-state index in [0.29, 0.717) is 0 Å². The maximum absolute atomic E-state index is 6.97. The molecule has 7 rings (SSSR count). The van der Waals surface area contributed by atoms with Crippen LogP contribution in [-0.4, -0.2) is 49.0 Å². The predicted octanol–water partition coefficient (Wildman–Crippen LogP) is 6.00. The van der Waals surface area contributed by atoms with E-state index < -0.39 is 0 Å². The SMILES string of the molecule is Cc1cc(C)c(-c2ccc(-c3[nH]nc4ncc(-c5ccc6c(c5)CC[C@@](N)(N5CCCC5)CC6)cc34)cc2)nn1. The van der Waals surface area contributed by atoms with Crippen molar-refractivity contribution in [3.8, 4) is 33.6 Å². The number of nitrogens with one attached hydrogen (secondary N) is 1. The summed E-state index contributed by atoms with van der Waals surface area (Å²) in [6, 6.07) is 19.6. The predicted molar refractivity (Wildman–Crippen MR) is 160 cm³/mol. The fraction of sp³-hybridized carbons (Fsp3) is 0.333. The summed E-state index contributed by atoms with van der Waals surface area (Å²) in [6.45, 7) is 6.31. The summed E-state index contributed by atoms with van der Waals surface area (Å²) in [5, 5.41) is 17.4. The van der Waals surface area contributed by atoms with Crippen LogP contribution in [0.1, 0.15) is 48.1 Å². The monoisotopic (exact) mass is 529 g/mol. The normalized spacial score (nSPS) is 19.6. The summed E-state index contributed by atoms with van der Waals surface area (Å²) in [5.74, 6) is 0. The number of hydrogen-bond donors (Lipinski definition) is 2. The van der Waals surface area contributed by atoms with Gasteiger partial charge in [-0.2, -0.15) is 10.2 Å². The van der Waals surface area contributed by atoms with Crippen molar-refractivity contribution in [1.82, 2.24) is 30.3 Å². The van der Waals surface area contributed by atoms with Gasteiger partial charge in [-0.25, -0.2) is 4.98 Å². The van der Waals surface area contributed by atoms with Crippen LogP contribution in [-0.2, 0) is 12.8 Å². The van der Waals surface area contributed by atoms with E-state index in [2.05, 4.69) is 86.8 Å². The number of aromatic amines is 1. The molecule has 2 aliphatic rings. The molecule has 1 fully saturated rings. The standard InChI is InChI=1S/C33H35N7/c1-21-17-22(2)36-37-30(21)24-6-8-25(9-7-24)31-29-19-28(20-35-32(29)39-38-31)26-10-5-23-11-13-33(34,14-12-27(23)18-26)40-15-3-4-16-40/h5-10,17-20H,3-4,11-16,34H2,1-2H3,(H,35,38,39)/t33-/m0/s1. The fourth-order valence-electron chi connectivity index (χ4n) is 6.56. The summed E-state index contributed by atoms with van der Waals surface area (Å²) in [7, 11) is 0. The summed E-state index contributed by atoms with van der Waals surface area (Å²) >= 11 is 0. The summed E-state index contributed by atoms with van der Waals surface area (Å²) in [6.07, 6.45) is 8.57. The molecule has 4 heterocycles. The van der Waals surface area contributed by atoms with Crippen LogP contribution in [0, 0.1) is 13.8 Å². The first-order chi connectivity index (χ1) is 19.5. The van der Waals surface area contributed by atoms with Crippen molar-refractivity contribution in [2.45, 2.75) is 58.0 Å². The van der Waals surface area contributed by atoms with E-state index in [1.165, 1.54) is 29.5 Å². The Bertz CT molecular complexity index is 1700. The Balaban J connectivity index is 1.18. The lowest BCUT2D eigenvalue weighted by atomic mass is 9.96. The van der Waals surface area contributed by atoms with Gasteiger partial charge >= 0.3 is 0 Å². The van der Waals surface area contributed by atoms with Crippen molar-refractivity contribution in [2.75, 3.05) is 13.1 Å². The van der Waals surface area contributed by atoms with E-state index >= 15 is 0 Å². The minimum absolute atomic E-state index is 0.178. The molecule has 5 aromatic rings. The molecule has 3 N–H and O–H groups in total. The summed E-state index contributed by atoms with van der Waals surface area (Å²) < 4.78 is 0. The molecule has 0 spiro atoms. The molecule has 40 heavy (non-hydrogen) atoms. The molecule has 0 bridgehead atoms. The quantitative estimate of drug-likeness (QED) is 0.277. The van der Waals surface area contributed by atoms with Crippen molar-refractivity contribution in [3.63, 3.8) is 0 Å². The Morgan fingerprint density at radius 3 is 2.30 bits per heavy atom. The zero-order valence-corrected chi connectivity index (χ0v) is 23.2. The van der Waals surface area contributed by atoms with Crippen molar-refractivity contribution < 1.29 is 0 Å². The number of aryl methyl sites for hydroxylation is 4. The van der Waals surface area contributed by atoms with Gasteiger partial charge in [-0.05, 0) is 99.8 Å². The van der Waals surface area contributed by atoms with E-state index in [0.717, 1.165) is 89.1 Å². The van der Waals surface area contributed by atoms with Crippen molar-refractivity contribution in [2.24, 2.45) is 5.73 Å². The van der Waals surface area contributed by atoms with Crippen LogP contribution in [0.4, 0.5) is 0 Å². The second kappa shape index (κ2) is 9.91. The van der Waals surface area contributed by atoms with Gasteiger partial charge in [-0.3, -0.25) is 10.00 Å². The van der Waals surface area contributed by atoms with E-state index in [1.54, 1.807) is 0 Å². The molecule has 1 aliphatic heterocycles. The van der Waals surface area contributed by atoms with Crippen LogP contribution in [0.25, 0.3) is 44.7 Å². The number of nitrogens with zero attached hydrogens (tertiary/aromatic N) is 5. The van der Waals surface area contributed by atoms with E-state index in [1.807, 2.05) is 13.1 Å². The van der Waals surface area contributed by atoms with Gasteiger partial charge in [-0.1, -0.05) is 42.5 Å². The highest BCUT2D eigenvalue weighted by Gasteiger charge is 2.35. The number of hydrogen-bond acceptors (Lipinski definition) is 6. The van der Waals surface area contributed by atoms with Crippen LogP contribution in [0.5, 0.6) is 0 Å². The molecule has 1 atom stereocenters. The largest absolute Gasteiger partial charge is 0.313 e. The van der Waals surface area contributed by atoms with Crippen molar-refractivity contribution in [3.05, 3.63) is 83.2 Å². The van der Waals surface area contributed by atoms with Gasteiger partial charge in [0.25, 0.3) is 0 Å². The van der Waals surface area contributed by atoms with E-state index in [4.69, 9.17) is 10.7 Å². The number of fused-ring (bicyclic) bond motifs is 2. The summed E-state index contributed by atoms with van der Waals surface area (Å²) in [5.41, 5.74) is 18.7. The highest BCUT2D eigenvalue weighted by molar-refractivity contribution is 5.93. The lowest BCUT2D eigenvalue weighted by molar-refractivity contribution is 0.105. The van der Waals surface area contributed by atoms with Gasteiger partial charge in [0.15, 0.2) is 5.65 Å². The van der Waals surface area contributed by atoms with Crippen molar-refractivity contribution >= 4 is 11.0 Å². The van der Waals surface area contributed by atoms with Crippen LogP contribution < -0.4 is 5.73 Å². The Morgan fingerprint density at radius 1 is 0.800 bits per heavy atom. The van der Waals surface area contributed by atoms with Crippen LogP contribution in [0.3, 0.4) is 0 Å². The molecule has 0 radical (unpaired) electrons. The minimum Gasteiger partial charge on any atom is -0.313 e. The third kappa shape index (κ3) is 4.49. The molecule has 3 aromatic heterocycles. The number of nitrogens with two attached hydrogens (primary N) is 1. The number of benzene rings is 2. The number of likely N-dealkylation sites (tertiary alicyclic amines) is 1. The lowest BCUT2D eigenvalue weighted by Crippen LogP contribution is -2.55. The second-order valence-corrected chi connectivity index (χ2v) is 11.6. The van der Waals surface area contributed by atoms with Crippen LogP contribution in [0.15, 0.2) is 60.8 Å². The Kier molecular flexibility index (Phi) is 6.21. The first-order valence-electron chi connectivity index (χ1n) is 14.4. The van der Waals surface area contributed by atoms with Gasteiger partial charge in [0, 0.05) is 28.3 Å². The maximum Gasteiger partial charge on any atom is 0.181 e. The average Bonchev–Trinajstić information content (AvgIpc) is 3.63. The first-order valence-corrected chi connectivity index (χ1v) is 14.4. The smallest absolute Gasteiger partial charge is 0.181 e. The highest BCUT2D eigenvalue weighted by Crippen LogP contribution is 2.35. The Morgan fingerprint density at radius 2 is 1.52 bits per heavy atom. The molecular formula is C33H35N7. The zero-order valence-electron chi connectivity index (χ0n) is 23.2. The lowest BCUT2D eigenvalue weighted by Gasteiger charge is -2.38. The molecule has 7 heteroatoms. The molecular weight excluding hydrogens is 494 g/mol. The molecule has 1 saturated heterocycles. The molecule has 7 nitrogen and oxygen atoms in total. The number of pyridine rings is 1. The van der Waals surface area contributed by atoms with Gasteiger partial charge in [-0.15, -0.1) is 5.10 Å².